The summed E-state index contributed by atoms with van der Waals surface area (Å²) in [6, 6.07) is 20.6. The summed E-state index contributed by atoms with van der Waals surface area (Å²) in [6.07, 6.45) is 5.44. The van der Waals surface area contributed by atoms with Gasteiger partial charge in [-0.25, -0.2) is 4.79 Å². The fourth-order valence-corrected chi connectivity index (χ4v) is 4.82. The van der Waals surface area contributed by atoms with Crippen LogP contribution in [0.25, 0.3) is 0 Å². The third-order valence-corrected chi connectivity index (χ3v) is 6.55. The summed E-state index contributed by atoms with van der Waals surface area (Å²) in [7, 11) is 0. The van der Waals surface area contributed by atoms with Crippen molar-refractivity contribution in [2.45, 2.75) is 45.3 Å². The first-order valence-corrected chi connectivity index (χ1v) is 12.7. The second kappa shape index (κ2) is 10.1. The topological polar surface area (TPSA) is 58.1 Å². The molecule has 0 spiro atoms. The molecule has 0 saturated carbocycles. The number of amides is 1. The molecule has 0 atom stereocenters. The van der Waals surface area contributed by atoms with Crippen LogP contribution in [-0.4, -0.2) is 49.0 Å². The largest absolute Gasteiger partial charge is 0.490 e. The summed E-state index contributed by atoms with van der Waals surface area (Å²) < 4.78 is 11.8. The number of ether oxygens (including phenoxy) is 2. The summed E-state index contributed by atoms with van der Waals surface area (Å²) in [5.74, 6) is 0.889. The van der Waals surface area contributed by atoms with Gasteiger partial charge in [0.05, 0.1) is 11.4 Å². The first kappa shape index (κ1) is 24.0. The van der Waals surface area contributed by atoms with Gasteiger partial charge in [0.2, 0.25) is 0 Å². The lowest BCUT2D eigenvalue weighted by Gasteiger charge is -2.38. The monoisotopic (exact) mass is 486 g/mol. The molecule has 5 rings (SSSR count). The van der Waals surface area contributed by atoms with Crippen LogP contribution in [0.1, 0.15) is 33.6 Å². The molecular formula is C29H34N4O3. The minimum absolute atomic E-state index is 0.237. The van der Waals surface area contributed by atoms with E-state index in [0.29, 0.717) is 13.1 Å². The zero-order chi connectivity index (χ0) is 25.1. The van der Waals surface area contributed by atoms with Crippen LogP contribution < -0.4 is 19.4 Å². The average molecular weight is 487 g/mol. The maximum Gasteiger partial charge on any atom is 0.414 e. The number of anilines is 4. The van der Waals surface area contributed by atoms with E-state index in [4.69, 9.17) is 9.47 Å². The second-order valence-electron chi connectivity index (χ2n) is 10.3. The van der Waals surface area contributed by atoms with Crippen LogP contribution in [0.2, 0.25) is 0 Å². The number of hydrogen-bond donors (Lipinski definition) is 0. The van der Waals surface area contributed by atoms with Gasteiger partial charge in [-0.15, -0.1) is 0 Å². The quantitative estimate of drug-likeness (QED) is 0.449. The van der Waals surface area contributed by atoms with E-state index in [9.17, 15) is 4.79 Å². The van der Waals surface area contributed by atoms with Crippen molar-refractivity contribution in [1.29, 1.82) is 0 Å². The van der Waals surface area contributed by atoms with E-state index in [2.05, 4.69) is 45.1 Å². The lowest BCUT2D eigenvalue weighted by molar-refractivity contribution is 0.0580. The summed E-state index contributed by atoms with van der Waals surface area (Å²) >= 11 is 0. The normalized spacial score (nSPS) is 16.5. The van der Waals surface area contributed by atoms with Gasteiger partial charge in [-0.2, -0.15) is 0 Å². The van der Waals surface area contributed by atoms with Crippen molar-refractivity contribution in [3.63, 3.8) is 0 Å². The van der Waals surface area contributed by atoms with E-state index in [-0.39, 0.29) is 12.2 Å². The Hall–Kier alpha value is -3.74. The van der Waals surface area contributed by atoms with Crippen LogP contribution in [-0.2, 0) is 4.74 Å². The van der Waals surface area contributed by atoms with Crippen molar-refractivity contribution < 1.29 is 14.3 Å². The average Bonchev–Trinajstić information content (AvgIpc) is 2.88. The molecule has 7 heteroatoms. The molecule has 1 saturated heterocycles. The molecule has 2 aliphatic rings. The number of rotatable bonds is 4. The smallest absolute Gasteiger partial charge is 0.414 e. The van der Waals surface area contributed by atoms with E-state index in [1.165, 1.54) is 5.69 Å². The van der Waals surface area contributed by atoms with E-state index in [1.54, 1.807) is 17.3 Å². The summed E-state index contributed by atoms with van der Waals surface area (Å²) in [5, 5.41) is 0. The summed E-state index contributed by atoms with van der Waals surface area (Å²) in [4.78, 5) is 23.3. The number of fused-ring (bicyclic) bond motifs is 1. The van der Waals surface area contributed by atoms with Crippen LogP contribution >= 0.6 is 0 Å². The van der Waals surface area contributed by atoms with Gasteiger partial charge in [0.15, 0.2) is 0 Å². The zero-order valence-corrected chi connectivity index (χ0v) is 21.3. The number of hydrogen-bond acceptors (Lipinski definition) is 6. The van der Waals surface area contributed by atoms with Crippen LogP contribution in [0.15, 0.2) is 73.1 Å². The number of carbonyl (C=O) groups is 1. The molecule has 1 fully saturated rings. The third-order valence-electron chi connectivity index (χ3n) is 6.55. The Morgan fingerprint density at radius 3 is 2.14 bits per heavy atom. The molecule has 188 valence electrons. The SMILES string of the molecule is CC(C)(C)OC(=O)N1CCN(c2ccc(N3CCC(Oc4ccncc4)CC3)cc2)c2ccccc21. The van der Waals surface area contributed by atoms with Crippen LogP contribution in [0, 0.1) is 0 Å². The highest BCUT2D eigenvalue weighted by Gasteiger charge is 2.30. The van der Waals surface area contributed by atoms with Gasteiger partial charge >= 0.3 is 6.09 Å². The van der Waals surface area contributed by atoms with Gasteiger partial charge in [0.1, 0.15) is 17.5 Å². The molecule has 0 radical (unpaired) electrons. The predicted molar refractivity (Wildman–Crippen MR) is 144 cm³/mol. The van der Waals surface area contributed by atoms with Crippen molar-refractivity contribution in [3.8, 4) is 5.75 Å². The van der Waals surface area contributed by atoms with Gasteiger partial charge in [-0.1, -0.05) is 12.1 Å². The molecule has 0 unspecified atom stereocenters. The van der Waals surface area contributed by atoms with Crippen molar-refractivity contribution in [2.75, 3.05) is 40.9 Å². The summed E-state index contributed by atoms with van der Waals surface area (Å²) in [5.41, 5.74) is 3.70. The highest BCUT2D eigenvalue weighted by Crippen LogP contribution is 2.38. The lowest BCUT2D eigenvalue weighted by Crippen LogP contribution is -2.44. The van der Waals surface area contributed by atoms with E-state index < -0.39 is 5.60 Å². The Morgan fingerprint density at radius 1 is 0.833 bits per heavy atom. The minimum atomic E-state index is -0.529. The second-order valence-corrected chi connectivity index (χ2v) is 10.3. The molecule has 2 aromatic carbocycles. The molecule has 2 aliphatic heterocycles. The molecule has 36 heavy (non-hydrogen) atoms. The van der Waals surface area contributed by atoms with Crippen molar-refractivity contribution in [2.24, 2.45) is 0 Å². The molecule has 1 amide bonds. The van der Waals surface area contributed by atoms with Gasteiger partial charge in [-0.3, -0.25) is 9.88 Å². The number of benzene rings is 2. The fraction of sp³-hybridized carbons (Fsp3) is 0.379. The van der Waals surface area contributed by atoms with Gasteiger partial charge in [0.25, 0.3) is 0 Å². The zero-order valence-electron chi connectivity index (χ0n) is 21.3. The molecule has 3 heterocycles. The predicted octanol–water partition coefficient (Wildman–Crippen LogP) is 6.02. The van der Waals surface area contributed by atoms with Crippen molar-refractivity contribution >= 4 is 28.8 Å². The number of carbonyl (C=O) groups excluding carboxylic acids is 1. The van der Waals surface area contributed by atoms with Crippen LogP contribution in [0.4, 0.5) is 27.5 Å². The molecule has 0 aliphatic carbocycles. The number of nitrogens with zero attached hydrogens (tertiary/aromatic N) is 4. The maximum atomic E-state index is 12.8. The standard InChI is InChI=1S/C29H34N4O3/c1-29(2,3)36-28(34)33-21-20-32(26-6-4-5-7-27(26)33)23-10-8-22(9-11-23)31-18-14-25(15-19-31)35-24-12-16-30-17-13-24/h4-13,16-17,25H,14-15,18-21H2,1-3H3. The Morgan fingerprint density at radius 2 is 1.47 bits per heavy atom. The Bertz CT molecular complexity index is 1170. The van der Waals surface area contributed by atoms with E-state index in [0.717, 1.165) is 48.7 Å². The molecule has 1 aromatic heterocycles. The third kappa shape index (κ3) is 5.40. The molecule has 7 nitrogen and oxygen atoms in total. The van der Waals surface area contributed by atoms with E-state index in [1.807, 2.05) is 51.1 Å². The Kier molecular flexibility index (Phi) is 6.72. The summed E-state index contributed by atoms with van der Waals surface area (Å²) in [6.45, 7) is 8.88. The van der Waals surface area contributed by atoms with Crippen molar-refractivity contribution in [1.82, 2.24) is 4.98 Å². The van der Waals surface area contributed by atoms with Gasteiger partial charge < -0.3 is 19.3 Å². The molecular weight excluding hydrogens is 452 g/mol. The fourth-order valence-electron chi connectivity index (χ4n) is 4.82. The van der Waals surface area contributed by atoms with Crippen LogP contribution in [0.5, 0.6) is 5.75 Å². The van der Waals surface area contributed by atoms with Gasteiger partial charge in [-0.05, 0) is 69.3 Å². The first-order valence-electron chi connectivity index (χ1n) is 12.7. The van der Waals surface area contributed by atoms with E-state index >= 15 is 0 Å². The molecule has 3 aromatic rings. The lowest BCUT2D eigenvalue weighted by atomic mass is 10.1. The highest BCUT2D eigenvalue weighted by atomic mass is 16.6. The molecule has 0 bridgehead atoms. The maximum absolute atomic E-state index is 12.8. The minimum Gasteiger partial charge on any atom is -0.490 e. The van der Waals surface area contributed by atoms with Gasteiger partial charge in [0, 0.05) is 62.8 Å². The number of pyridine rings is 1. The highest BCUT2D eigenvalue weighted by molar-refractivity contribution is 5.95. The Balaban J connectivity index is 1.25. The van der Waals surface area contributed by atoms with Crippen molar-refractivity contribution in [3.05, 3.63) is 73.1 Å². The molecule has 0 N–H and O–H groups in total. The van der Waals surface area contributed by atoms with Crippen LogP contribution in [0.3, 0.4) is 0 Å². The number of para-hydroxylation sites is 2. The Labute approximate surface area is 213 Å². The first-order chi connectivity index (χ1) is 17.4. The number of piperidine rings is 1. The number of aromatic nitrogens is 1.